The number of thiophene rings is 1. The molecule has 9 nitrogen and oxygen atoms in total. The summed E-state index contributed by atoms with van der Waals surface area (Å²) < 4.78 is 35.2. The average Bonchev–Trinajstić information content (AvgIpc) is 3.43. The van der Waals surface area contributed by atoms with Gasteiger partial charge in [-0.05, 0) is 49.1 Å². The quantitative estimate of drug-likeness (QED) is 0.531. The van der Waals surface area contributed by atoms with Gasteiger partial charge in [-0.3, -0.25) is 4.79 Å². The van der Waals surface area contributed by atoms with Crippen LogP contribution in [0.1, 0.15) is 27.2 Å². The van der Waals surface area contributed by atoms with Crippen LogP contribution in [-0.4, -0.2) is 43.4 Å². The van der Waals surface area contributed by atoms with Crippen LogP contribution in [0, 0.1) is 0 Å². The molecule has 1 aliphatic carbocycles. The lowest BCUT2D eigenvalue weighted by molar-refractivity contribution is -0.113. The Labute approximate surface area is 186 Å². The zero-order valence-electron chi connectivity index (χ0n) is 16.2. The minimum absolute atomic E-state index is 0.0155. The number of nitrogens with zero attached hydrogens (tertiary/aromatic N) is 2. The van der Waals surface area contributed by atoms with Gasteiger partial charge in [0.15, 0.2) is 0 Å². The number of methoxy groups -OCH3 is 1. The highest BCUT2D eigenvalue weighted by atomic mass is 35.5. The molecule has 1 aromatic carbocycles. The number of anilines is 1. The molecule has 0 unspecified atom stereocenters. The lowest BCUT2D eigenvalue weighted by Crippen LogP contribution is -2.24. The maximum Gasteiger partial charge on any atom is 0.341 e. The number of hydrogen-bond donors (Lipinski definition) is 1. The summed E-state index contributed by atoms with van der Waals surface area (Å²) in [6, 6.07) is 6.40. The molecule has 0 aliphatic heterocycles. The van der Waals surface area contributed by atoms with E-state index in [1.165, 1.54) is 18.4 Å². The number of benzene rings is 1. The Bertz CT molecular complexity index is 1260. The largest absolute Gasteiger partial charge is 0.465 e. The predicted octanol–water partition coefficient (Wildman–Crippen LogP) is 3.14. The van der Waals surface area contributed by atoms with Crippen LogP contribution in [0.15, 0.2) is 33.9 Å². The summed E-state index contributed by atoms with van der Waals surface area (Å²) in [7, 11) is -2.94. The number of amides is 1. The topological polar surface area (TPSA) is 128 Å². The normalized spacial score (nSPS) is 13.1. The first-order valence-electron chi connectivity index (χ1n) is 9.13. The lowest BCUT2D eigenvalue weighted by Gasteiger charge is -2.06. The maximum absolute atomic E-state index is 12.6. The van der Waals surface area contributed by atoms with Crippen LogP contribution >= 0.6 is 22.9 Å². The standard InChI is InChI=1S/C19H16ClN3O6S2/c1-28-18(25)15-12-3-2-4-13(12)30-17(15)21-14(24)9-31(26,27)19-23-22-16(29-19)10-5-7-11(20)8-6-10/h5-8H,2-4,9H2,1H3,(H,21,24). The third-order valence-electron chi connectivity index (χ3n) is 4.65. The Morgan fingerprint density at radius 1 is 1.23 bits per heavy atom. The second kappa shape index (κ2) is 8.40. The van der Waals surface area contributed by atoms with Crippen molar-refractivity contribution in [3.05, 3.63) is 45.3 Å². The summed E-state index contributed by atoms with van der Waals surface area (Å²) in [5.41, 5.74) is 1.62. The van der Waals surface area contributed by atoms with Gasteiger partial charge in [-0.15, -0.1) is 16.4 Å². The van der Waals surface area contributed by atoms with Crippen LogP contribution in [0.3, 0.4) is 0 Å². The van der Waals surface area contributed by atoms with Crippen molar-refractivity contribution in [2.24, 2.45) is 0 Å². The van der Waals surface area contributed by atoms with E-state index in [1.807, 2.05) is 0 Å². The van der Waals surface area contributed by atoms with Gasteiger partial charge in [0, 0.05) is 15.5 Å². The van der Waals surface area contributed by atoms with Gasteiger partial charge in [0.05, 0.1) is 12.7 Å². The van der Waals surface area contributed by atoms with E-state index in [9.17, 15) is 18.0 Å². The number of fused-ring (bicyclic) bond motifs is 1. The van der Waals surface area contributed by atoms with Crippen LogP contribution in [0.2, 0.25) is 5.02 Å². The number of halogens is 1. The third kappa shape index (κ3) is 4.34. The van der Waals surface area contributed by atoms with E-state index in [0.717, 1.165) is 23.3 Å². The molecule has 0 atom stereocenters. The second-order valence-corrected chi connectivity index (χ2v) is 10.1. The molecule has 0 bridgehead atoms. The van der Waals surface area contributed by atoms with Gasteiger partial charge < -0.3 is 14.5 Å². The van der Waals surface area contributed by atoms with E-state index >= 15 is 0 Å². The first-order chi connectivity index (χ1) is 14.8. The van der Waals surface area contributed by atoms with Gasteiger partial charge in [-0.25, -0.2) is 13.2 Å². The number of nitrogens with one attached hydrogen (secondary N) is 1. The molecule has 12 heteroatoms. The molecule has 1 amide bonds. The molecule has 3 aromatic rings. The summed E-state index contributed by atoms with van der Waals surface area (Å²) in [6.45, 7) is 0. The number of aryl methyl sites for hydroxylation is 1. The van der Waals surface area contributed by atoms with Crippen molar-refractivity contribution in [2.45, 2.75) is 24.5 Å². The lowest BCUT2D eigenvalue weighted by atomic mass is 10.1. The fourth-order valence-corrected chi connectivity index (χ4v) is 5.58. The van der Waals surface area contributed by atoms with Crippen LogP contribution in [0.5, 0.6) is 0 Å². The van der Waals surface area contributed by atoms with Crippen LogP contribution in [-0.2, 0) is 32.2 Å². The highest BCUT2D eigenvalue weighted by molar-refractivity contribution is 7.91. The molecular formula is C19H16ClN3O6S2. The summed E-state index contributed by atoms with van der Waals surface area (Å²) in [4.78, 5) is 25.6. The van der Waals surface area contributed by atoms with Crippen molar-refractivity contribution in [1.29, 1.82) is 0 Å². The zero-order valence-corrected chi connectivity index (χ0v) is 18.6. The maximum atomic E-state index is 12.6. The van der Waals surface area contributed by atoms with E-state index in [4.69, 9.17) is 20.8 Å². The fourth-order valence-electron chi connectivity index (χ4n) is 3.25. The van der Waals surface area contributed by atoms with Gasteiger partial charge in [0.1, 0.15) is 10.8 Å². The van der Waals surface area contributed by atoms with Crippen LogP contribution < -0.4 is 5.32 Å². The Morgan fingerprint density at radius 2 is 1.97 bits per heavy atom. The highest BCUT2D eigenvalue weighted by Crippen LogP contribution is 2.39. The summed E-state index contributed by atoms with van der Waals surface area (Å²) in [5, 5.41) is 9.91. The van der Waals surface area contributed by atoms with Crippen molar-refractivity contribution < 1.29 is 27.2 Å². The Balaban J connectivity index is 1.52. The monoisotopic (exact) mass is 481 g/mol. The molecule has 0 saturated carbocycles. The molecule has 162 valence electrons. The van der Waals surface area contributed by atoms with Gasteiger partial charge in [-0.1, -0.05) is 16.7 Å². The van der Waals surface area contributed by atoms with Gasteiger partial charge in [0.25, 0.3) is 0 Å². The van der Waals surface area contributed by atoms with Crippen molar-refractivity contribution >= 4 is 49.7 Å². The van der Waals surface area contributed by atoms with Crippen molar-refractivity contribution in [1.82, 2.24) is 10.2 Å². The zero-order chi connectivity index (χ0) is 22.2. The van der Waals surface area contributed by atoms with Gasteiger partial charge in [0.2, 0.25) is 21.6 Å². The van der Waals surface area contributed by atoms with Crippen molar-refractivity contribution in [3.63, 3.8) is 0 Å². The van der Waals surface area contributed by atoms with Crippen molar-refractivity contribution in [2.75, 3.05) is 18.2 Å². The number of hydrogen-bond acceptors (Lipinski definition) is 9. The first kappa shape index (κ1) is 21.5. The minimum atomic E-state index is -4.20. The van der Waals surface area contributed by atoms with E-state index in [0.29, 0.717) is 17.0 Å². The number of ether oxygens (including phenoxy) is 1. The summed E-state index contributed by atoms with van der Waals surface area (Å²) in [5.74, 6) is -2.32. The highest BCUT2D eigenvalue weighted by Gasteiger charge is 2.30. The molecule has 0 fully saturated rings. The molecule has 31 heavy (non-hydrogen) atoms. The van der Waals surface area contributed by atoms with Gasteiger partial charge in [-0.2, -0.15) is 0 Å². The molecule has 2 aromatic heterocycles. The number of carbonyl (C=O) groups is 2. The van der Waals surface area contributed by atoms with Crippen LogP contribution in [0.4, 0.5) is 5.00 Å². The summed E-state index contributed by atoms with van der Waals surface area (Å²) in [6.07, 6.45) is 2.43. The van der Waals surface area contributed by atoms with Crippen LogP contribution in [0.25, 0.3) is 11.5 Å². The Hall–Kier alpha value is -2.76. The van der Waals surface area contributed by atoms with Gasteiger partial charge >= 0.3 is 11.2 Å². The average molecular weight is 482 g/mol. The molecule has 1 aliphatic rings. The number of aromatic nitrogens is 2. The summed E-state index contributed by atoms with van der Waals surface area (Å²) >= 11 is 7.08. The smallest absolute Gasteiger partial charge is 0.341 e. The molecule has 0 saturated heterocycles. The minimum Gasteiger partial charge on any atom is -0.465 e. The first-order valence-corrected chi connectivity index (χ1v) is 12.0. The SMILES string of the molecule is COC(=O)c1c(NC(=O)CS(=O)(=O)c2nnc(-c3ccc(Cl)cc3)o2)sc2c1CCC2. The fraction of sp³-hybridized carbons (Fsp3) is 0.263. The third-order valence-corrected chi connectivity index (χ3v) is 7.45. The van der Waals surface area contributed by atoms with Crippen molar-refractivity contribution in [3.8, 4) is 11.5 Å². The van der Waals surface area contributed by atoms with E-state index in [-0.39, 0.29) is 16.5 Å². The van der Waals surface area contributed by atoms with E-state index < -0.39 is 32.7 Å². The number of sulfone groups is 1. The molecule has 2 heterocycles. The molecule has 0 radical (unpaired) electrons. The molecule has 1 N–H and O–H groups in total. The Morgan fingerprint density at radius 3 is 2.68 bits per heavy atom. The predicted molar refractivity (Wildman–Crippen MR) is 113 cm³/mol. The Kier molecular flexibility index (Phi) is 5.82. The molecule has 0 spiro atoms. The second-order valence-electron chi connectivity index (χ2n) is 6.74. The number of carbonyl (C=O) groups excluding carboxylic acids is 2. The number of esters is 1. The molecule has 4 rings (SSSR count). The van der Waals surface area contributed by atoms with E-state index in [2.05, 4.69) is 15.5 Å². The number of rotatable bonds is 6. The molecular weight excluding hydrogens is 466 g/mol. The van der Waals surface area contributed by atoms with E-state index in [1.54, 1.807) is 24.3 Å².